The first-order valence-electron chi connectivity index (χ1n) is 4.36. The highest BCUT2D eigenvalue weighted by Gasteiger charge is 2.10. The fourth-order valence-corrected chi connectivity index (χ4v) is 2.54. The summed E-state index contributed by atoms with van der Waals surface area (Å²) in [6.45, 7) is -0.372. The van der Waals surface area contributed by atoms with Crippen LogP contribution >= 0.6 is 27.7 Å². The van der Waals surface area contributed by atoms with E-state index in [0.717, 1.165) is 4.47 Å². The number of rotatable bonds is 5. The van der Waals surface area contributed by atoms with Crippen LogP contribution in [0, 0.1) is 0 Å². The topological polar surface area (TPSA) is 37.3 Å². The van der Waals surface area contributed by atoms with Crippen LogP contribution in [0.1, 0.15) is 16.8 Å². The lowest BCUT2D eigenvalue weighted by Gasteiger charge is -2.05. The van der Waals surface area contributed by atoms with Gasteiger partial charge in [0.15, 0.2) is 0 Å². The van der Waals surface area contributed by atoms with E-state index in [1.165, 1.54) is 11.8 Å². The van der Waals surface area contributed by atoms with Gasteiger partial charge >= 0.3 is 5.97 Å². The molecular formula is C10H10BrFO2S. The van der Waals surface area contributed by atoms with Gasteiger partial charge in [-0.2, -0.15) is 0 Å². The minimum Gasteiger partial charge on any atom is -0.478 e. The van der Waals surface area contributed by atoms with Crippen molar-refractivity contribution in [2.75, 3.05) is 12.4 Å². The van der Waals surface area contributed by atoms with E-state index in [-0.39, 0.29) is 12.2 Å². The number of carboxylic acid groups (broad SMARTS) is 1. The molecule has 0 saturated heterocycles. The monoisotopic (exact) mass is 292 g/mol. The van der Waals surface area contributed by atoms with Gasteiger partial charge in [0.05, 0.1) is 12.2 Å². The molecule has 0 aliphatic rings. The van der Waals surface area contributed by atoms with Gasteiger partial charge in [-0.25, -0.2) is 4.79 Å². The molecule has 0 aromatic heterocycles. The second-order valence-electron chi connectivity index (χ2n) is 2.84. The van der Waals surface area contributed by atoms with E-state index in [9.17, 15) is 9.18 Å². The second kappa shape index (κ2) is 6.12. The largest absolute Gasteiger partial charge is 0.478 e. The molecule has 0 fully saturated rings. The molecule has 15 heavy (non-hydrogen) atoms. The first kappa shape index (κ1) is 12.5. The van der Waals surface area contributed by atoms with Gasteiger partial charge in [0, 0.05) is 15.1 Å². The number of alkyl halides is 1. The Labute approximate surface area is 100 Å². The molecule has 0 aliphatic heterocycles. The molecule has 1 aromatic rings. The highest BCUT2D eigenvalue weighted by Crippen LogP contribution is 2.27. The van der Waals surface area contributed by atoms with E-state index in [0.29, 0.717) is 17.1 Å². The predicted molar refractivity (Wildman–Crippen MR) is 62.4 cm³/mol. The van der Waals surface area contributed by atoms with Crippen LogP contribution in [0.2, 0.25) is 0 Å². The summed E-state index contributed by atoms with van der Waals surface area (Å²) in [5, 5.41) is 8.91. The number of carboxylic acids is 1. The van der Waals surface area contributed by atoms with E-state index in [2.05, 4.69) is 15.9 Å². The molecule has 0 bridgehead atoms. The Morgan fingerprint density at radius 3 is 2.87 bits per heavy atom. The first-order valence-corrected chi connectivity index (χ1v) is 6.14. The maximum Gasteiger partial charge on any atom is 0.336 e. The average Bonchev–Trinajstić information content (AvgIpc) is 2.18. The summed E-state index contributed by atoms with van der Waals surface area (Å²) in [7, 11) is 0. The fraction of sp³-hybridized carbons (Fsp3) is 0.300. The van der Waals surface area contributed by atoms with Gasteiger partial charge in [-0.05, 0) is 24.6 Å². The number of carbonyl (C=O) groups is 1. The number of hydrogen-bond donors (Lipinski definition) is 1. The highest BCUT2D eigenvalue weighted by molar-refractivity contribution is 9.10. The van der Waals surface area contributed by atoms with Crippen molar-refractivity contribution >= 4 is 33.7 Å². The third-order valence-corrected chi connectivity index (χ3v) is 3.34. The first-order chi connectivity index (χ1) is 7.15. The third-order valence-electron chi connectivity index (χ3n) is 1.71. The number of aromatic carboxylic acids is 1. The molecule has 0 heterocycles. The van der Waals surface area contributed by atoms with Crippen molar-refractivity contribution in [1.29, 1.82) is 0 Å². The predicted octanol–water partition coefficient (Wildman–Crippen LogP) is 3.60. The Morgan fingerprint density at radius 1 is 1.53 bits per heavy atom. The average molecular weight is 293 g/mol. The SMILES string of the molecule is O=C(O)c1ccc(Br)cc1SCCCF. The molecule has 5 heteroatoms. The van der Waals surface area contributed by atoms with Crippen LogP contribution in [0.3, 0.4) is 0 Å². The van der Waals surface area contributed by atoms with Gasteiger partial charge in [0.1, 0.15) is 0 Å². The Morgan fingerprint density at radius 2 is 2.27 bits per heavy atom. The Hall–Kier alpha value is -0.550. The summed E-state index contributed by atoms with van der Waals surface area (Å²) >= 11 is 4.64. The normalized spacial score (nSPS) is 10.3. The van der Waals surface area contributed by atoms with E-state index in [4.69, 9.17) is 5.11 Å². The Kier molecular flexibility index (Phi) is 5.11. The van der Waals surface area contributed by atoms with E-state index in [1.807, 2.05) is 0 Å². The molecule has 1 aromatic carbocycles. The third kappa shape index (κ3) is 3.83. The van der Waals surface area contributed by atoms with E-state index < -0.39 is 5.97 Å². The minimum absolute atomic E-state index is 0.266. The fourth-order valence-electron chi connectivity index (χ4n) is 1.03. The lowest BCUT2D eigenvalue weighted by Crippen LogP contribution is -1.99. The summed E-state index contributed by atoms with van der Waals surface area (Å²) in [6.07, 6.45) is 0.441. The molecule has 0 radical (unpaired) electrons. The molecule has 0 amide bonds. The zero-order valence-electron chi connectivity index (χ0n) is 7.87. The summed E-state index contributed by atoms with van der Waals surface area (Å²) in [5.41, 5.74) is 0.266. The molecule has 1 rings (SSSR count). The van der Waals surface area contributed by atoms with Crippen LogP contribution in [-0.4, -0.2) is 23.5 Å². The van der Waals surface area contributed by atoms with Crippen molar-refractivity contribution in [3.63, 3.8) is 0 Å². The standard InChI is InChI=1S/C10H10BrFO2S/c11-7-2-3-8(10(13)14)9(6-7)15-5-1-4-12/h2-3,6H,1,4-5H2,(H,13,14). The lowest BCUT2D eigenvalue weighted by molar-refractivity contribution is 0.0693. The van der Waals surface area contributed by atoms with Crippen LogP contribution in [-0.2, 0) is 0 Å². The lowest BCUT2D eigenvalue weighted by atomic mass is 10.2. The summed E-state index contributed by atoms with van der Waals surface area (Å²) in [6, 6.07) is 4.97. The minimum atomic E-state index is -0.953. The molecule has 0 saturated carbocycles. The summed E-state index contributed by atoms with van der Waals surface area (Å²) in [5.74, 6) is -0.363. The number of hydrogen-bond acceptors (Lipinski definition) is 2. The molecule has 82 valence electrons. The maximum absolute atomic E-state index is 11.9. The molecule has 0 aliphatic carbocycles. The zero-order valence-corrected chi connectivity index (χ0v) is 10.3. The Balaban J connectivity index is 2.82. The van der Waals surface area contributed by atoms with Crippen molar-refractivity contribution in [2.45, 2.75) is 11.3 Å². The summed E-state index contributed by atoms with van der Waals surface area (Å²) < 4.78 is 12.7. The van der Waals surface area contributed by atoms with Gasteiger partial charge in [-0.15, -0.1) is 11.8 Å². The molecule has 0 unspecified atom stereocenters. The molecule has 0 atom stereocenters. The zero-order chi connectivity index (χ0) is 11.3. The van der Waals surface area contributed by atoms with Gasteiger partial charge in [0.25, 0.3) is 0 Å². The number of thioether (sulfide) groups is 1. The van der Waals surface area contributed by atoms with Crippen molar-refractivity contribution in [2.24, 2.45) is 0 Å². The quantitative estimate of drug-likeness (QED) is 0.665. The van der Waals surface area contributed by atoms with Crippen molar-refractivity contribution in [3.05, 3.63) is 28.2 Å². The molecular weight excluding hydrogens is 283 g/mol. The number of halogens is 2. The van der Waals surface area contributed by atoms with Gasteiger partial charge in [-0.3, -0.25) is 4.39 Å². The van der Waals surface area contributed by atoms with E-state index >= 15 is 0 Å². The molecule has 1 N–H and O–H groups in total. The van der Waals surface area contributed by atoms with Crippen molar-refractivity contribution in [3.8, 4) is 0 Å². The second-order valence-corrected chi connectivity index (χ2v) is 4.89. The van der Waals surface area contributed by atoms with Crippen LogP contribution in [0.15, 0.2) is 27.6 Å². The van der Waals surface area contributed by atoms with E-state index in [1.54, 1.807) is 18.2 Å². The van der Waals surface area contributed by atoms with Crippen LogP contribution in [0.4, 0.5) is 4.39 Å². The Bertz CT molecular complexity index is 357. The van der Waals surface area contributed by atoms with Crippen molar-refractivity contribution in [1.82, 2.24) is 0 Å². The number of benzene rings is 1. The highest BCUT2D eigenvalue weighted by atomic mass is 79.9. The van der Waals surface area contributed by atoms with Gasteiger partial charge < -0.3 is 5.11 Å². The van der Waals surface area contributed by atoms with Gasteiger partial charge in [-0.1, -0.05) is 15.9 Å². The van der Waals surface area contributed by atoms with Crippen LogP contribution in [0.5, 0.6) is 0 Å². The smallest absolute Gasteiger partial charge is 0.336 e. The van der Waals surface area contributed by atoms with Crippen molar-refractivity contribution < 1.29 is 14.3 Å². The van der Waals surface area contributed by atoms with Crippen LogP contribution in [0.25, 0.3) is 0 Å². The molecule has 2 nitrogen and oxygen atoms in total. The summed E-state index contributed by atoms with van der Waals surface area (Å²) in [4.78, 5) is 11.5. The van der Waals surface area contributed by atoms with Crippen LogP contribution < -0.4 is 0 Å². The van der Waals surface area contributed by atoms with Gasteiger partial charge in [0.2, 0.25) is 0 Å². The molecule has 0 spiro atoms. The maximum atomic E-state index is 11.9.